The average Bonchev–Trinajstić information content (AvgIpc) is 2.71. The first-order valence-corrected chi connectivity index (χ1v) is 5.77. The summed E-state index contributed by atoms with van der Waals surface area (Å²) in [6.07, 6.45) is 1.96. The van der Waals surface area contributed by atoms with Crippen molar-refractivity contribution >= 4 is 16.9 Å². The van der Waals surface area contributed by atoms with E-state index in [1.165, 1.54) is 7.11 Å². The first-order valence-electron chi connectivity index (χ1n) is 5.77. The van der Waals surface area contributed by atoms with Crippen LogP contribution in [-0.4, -0.2) is 13.1 Å². The van der Waals surface area contributed by atoms with Gasteiger partial charge >= 0.3 is 5.97 Å². The fourth-order valence-corrected chi connectivity index (χ4v) is 1.99. The Morgan fingerprint density at radius 3 is 2.76 bits per heavy atom. The number of aryl methyl sites for hydroxylation is 2. The number of methoxy groups -OCH3 is 1. The van der Waals surface area contributed by atoms with Gasteiger partial charge in [0.25, 0.3) is 0 Å². The Hall–Kier alpha value is -1.77. The Kier molecular flexibility index (Phi) is 3.18. The number of ether oxygens (including phenoxy) is 1. The molecule has 0 fully saturated rings. The van der Waals surface area contributed by atoms with Gasteiger partial charge in [-0.2, -0.15) is 0 Å². The molecule has 1 aromatic heterocycles. The number of hydrogen-bond acceptors (Lipinski definition) is 3. The largest absolute Gasteiger partial charge is 0.465 e. The maximum Gasteiger partial charge on any atom is 0.337 e. The SMILES string of the molecule is CCCc1cc2cc(C(=O)OC)cc(C)c2o1. The lowest BCUT2D eigenvalue weighted by Gasteiger charge is -2.01. The average molecular weight is 232 g/mol. The highest BCUT2D eigenvalue weighted by Crippen LogP contribution is 2.25. The first-order chi connectivity index (χ1) is 8.15. The third kappa shape index (κ3) is 2.18. The fraction of sp³-hybridized carbons (Fsp3) is 0.357. The summed E-state index contributed by atoms with van der Waals surface area (Å²) < 4.78 is 10.5. The molecule has 0 unspecified atom stereocenters. The van der Waals surface area contributed by atoms with Crippen molar-refractivity contribution in [3.05, 3.63) is 35.1 Å². The van der Waals surface area contributed by atoms with Crippen LogP contribution in [0.15, 0.2) is 22.6 Å². The maximum absolute atomic E-state index is 11.5. The van der Waals surface area contributed by atoms with Crippen molar-refractivity contribution in [2.75, 3.05) is 7.11 Å². The number of furan rings is 1. The second-order valence-corrected chi connectivity index (χ2v) is 4.17. The minimum Gasteiger partial charge on any atom is -0.465 e. The van der Waals surface area contributed by atoms with Gasteiger partial charge in [0.1, 0.15) is 11.3 Å². The van der Waals surface area contributed by atoms with E-state index in [1.54, 1.807) is 6.07 Å². The molecule has 2 rings (SSSR count). The van der Waals surface area contributed by atoms with E-state index in [1.807, 2.05) is 19.1 Å². The Labute approximate surface area is 100 Å². The lowest BCUT2D eigenvalue weighted by Crippen LogP contribution is -2.01. The van der Waals surface area contributed by atoms with Gasteiger partial charge in [-0.25, -0.2) is 4.79 Å². The molecule has 2 aromatic rings. The molecule has 0 saturated carbocycles. The van der Waals surface area contributed by atoms with E-state index in [2.05, 4.69) is 6.92 Å². The Morgan fingerprint density at radius 1 is 1.35 bits per heavy atom. The second kappa shape index (κ2) is 4.62. The molecule has 1 heterocycles. The monoisotopic (exact) mass is 232 g/mol. The molecule has 1 aromatic carbocycles. The van der Waals surface area contributed by atoms with Crippen LogP contribution in [0.4, 0.5) is 0 Å². The lowest BCUT2D eigenvalue weighted by molar-refractivity contribution is 0.0601. The van der Waals surface area contributed by atoms with E-state index in [0.29, 0.717) is 5.56 Å². The molecule has 0 N–H and O–H groups in total. The molecule has 0 spiro atoms. The van der Waals surface area contributed by atoms with Crippen LogP contribution in [0, 0.1) is 6.92 Å². The Bertz CT molecular complexity index is 552. The van der Waals surface area contributed by atoms with Gasteiger partial charge in [-0.1, -0.05) is 6.92 Å². The molecule has 17 heavy (non-hydrogen) atoms. The third-order valence-electron chi connectivity index (χ3n) is 2.77. The lowest BCUT2D eigenvalue weighted by atomic mass is 10.1. The summed E-state index contributed by atoms with van der Waals surface area (Å²) in [5, 5.41) is 0.967. The quantitative estimate of drug-likeness (QED) is 0.760. The van der Waals surface area contributed by atoms with Gasteiger partial charge in [0, 0.05) is 11.8 Å². The minimum absolute atomic E-state index is 0.312. The summed E-state index contributed by atoms with van der Waals surface area (Å²) >= 11 is 0. The van der Waals surface area contributed by atoms with Crippen molar-refractivity contribution in [3.63, 3.8) is 0 Å². The first kappa shape index (κ1) is 11.7. The van der Waals surface area contributed by atoms with E-state index >= 15 is 0 Å². The van der Waals surface area contributed by atoms with Crippen LogP contribution in [-0.2, 0) is 11.2 Å². The molecule has 90 valence electrons. The van der Waals surface area contributed by atoms with Crippen LogP contribution in [0.2, 0.25) is 0 Å². The number of carbonyl (C=O) groups is 1. The van der Waals surface area contributed by atoms with Crippen LogP contribution < -0.4 is 0 Å². The molecule has 0 radical (unpaired) electrons. The maximum atomic E-state index is 11.5. The van der Waals surface area contributed by atoms with Gasteiger partial charge in [-0.05, 0) is 37.1 Å². The minimum atomic E-state index is -0.312. The number of benzene rings is 1. The Morgan fingerprint density at radius 2 is 2.12 bits per heavy atom. The highest BCUT2D eigenvalue weighted by Gasteiger charge is 2.12. The van der Waals surface area contributed by atoms with Gasteiger partial charge in [-0.3, -0.25) is 0 Å². The second-order valence-electron chi connectivity index (χ2n) is 4.17. The van der Waals surface area contributed by atoms with Gasteiger partial charge in [0.15, 0.2) is 0 Å². The number of fused-ring (bicyclic) bond motifs is 1. The predicted octanol–water partition coefficient (Wildman–Crippen LogP) is 3.48. The topological polar surface area (TPSA) is 39.4 Å². The van der Waals surface area contributed by atoms with E-state index in [-0.39, 0.29) is 5.97 Å². The van der Waals surface area contributed by atoms with Crippen LogP contribution >= 0.6 is 0 Å². The molecule has 0 saturated heterocycles. The molecule has 0 aliphatic rings. The zero-order chi connectivity index (χ0) is 12.4. The molecule has 3 nitrogen and oxygen atoms in total. The van der Waals surface area contributed by atoms with Gasteiger partial charge < -0.3 is 9.15 Å². The van der Waals surface area contributed by atoms with E-state index in [9.17, 15) is 4.79 Å². The molecule has 3 heteroatoms. The van der Waals surface area contributed by atoms with Gasteiger partial charge in [0.05, 0.1) is 12.7 Å². The Balaban J connectivity index is 2.53. The zero-order valence-electron chi connectivity index (χ0n) is 10.4. The molecule has 0 aliphatic carbocycles. The predicted molar refractivity (Wildman–Crippen MR) is 66.3 cm³/mol. The van der Waals surface area contributed by atoms with E-state index in [4.69, 9.17) is 9.15 Å². The summed E-state index contributed by atoms with van der Waals surface area (Å²) in [5.41, 5.74) is 2.40. The standard InChI is InChI=1S/C14H16O3/c1-4-5-12-8-10-7-11(14(15)16-3)6-9(2)13(10)17-12/h6-8H,4-5H2,1-3H3. The molecule has 0 aliphatic heterocycles. The van der Waals surface area contributed by atoms with Gasteiger partial charge in [-0.15, -0.1) is 0 Å². The van der Waals surface area contributed by atoms with Crippen molar-refractivity contribution in [2.45, 2.75) is 26.7 Å². The molecule has 0 amide bonds. The number of carbonyl (C=O) groups excluding carboxylic acids is 1. The van der Waals surface area contributed by atoms with Crippen LogP contribution in [0.5, 0.6) is 0 Å². The summed E-state index contributed by atoms with van der Waals surface area (Å²) in [7, 11) is 1.39. The smallest absolute Gasteiger partial charge is 0.337 e. The summed E-state index contributed by atoms with van der Waals surface area (Å²) in [5.74, 6) is 0.654. The van der Waals surface area contributed by atoms with Crippen molar-refractivity contribution in [1.82, 2.24) is 0 Å². The van der Waals surface area contributed by atoms with Crippen molar-refractivity contribution < 1.29 is 13.9 Å². The number of hydrogen-bond donors (Lipinski definition) is 0. The fourth-order valence-electron chi connectivity index (χ4n) is 1.99. The zero-order valence-corrected chi connectivity index (χ0v) is 10.4. The van der Waals surface area contributed by atoms with Gasteiger partial charge in [0.2, 0.25) is 0 Å². The van der Waals surface area contributed by atoms with Crippen molar-refractivity contribution in [3.8, 4) is 0 Å². The molecule has 0 atom stereocenters. The third-order valence-corrected chi connectivity index (χ3v) is 2.77. The molecular formula is C14H16O3. The summed E-state index contributed by atoms with van der Waals surface area (Å²) in [4.78, 5) is 11.5. The summed E-state index contributed by atoms with van der Waals surface area (Å²) in [6.45, 7) is 4.05. The molecular weight excluding hydrogens is 216 g/mol. The highest BCUT2D eigenvalue weighted by molar-refractivity contribution is 5.95. The normalized spacial score (nSPS) is 10.8. The summed E-state index contributed by atoms with van der Waals surface area (Å²) in [6, 6.07) is 5.61. The van der Waals surface area contributed by atoms with Crippen LogP contribution in [0.1, 0.15) is 35.0 Å². The number of esters is 1. The van der Waals surface area contributed by atoms with E-state index < -0.39 is 0 Å². The van der Waals surface area contributed by atoms with Crippen LogP contribution in [0.3, 0.4) is 0 Å². The molecule has 0 bridgehead atoms. The van der Waals surface area contributed by atoms with Crippen LogP contribution in [0.25, 0.3) is 11.0 Å². The van der Waals surface area contributed by atoms with Crippen molar-refractivity contribution in [1.29, 1.82) is 0 Å². The number of rotatable bonds is 3. The van der Waals surface area contributed by atoms with E-state index in [0.717, 1.165) is 35.1 Å². The highest BCUT2D eigenvalue weighted by atomic mass is 16.5. The van der Waals surface area contributed by atoms with Crippen molar-refractivity contribution in [2.24, 2.45) is 0 Å².